The van der Waals surface area contributed by atoms with Gasteiger partial charge in [0.1, 0.15) is 11.6 Å². The predicted molar refractivity (Wildman–Crippen MR) is 109 cm³/mol. The maximum absolute atomic E-state index is 13.4. The fraction of sp³-hybridized carbons (Fsp3) is 0.0455. The summed E-state index contributed by atoms with van der Waals surface area (Å²) in [5.74, 6) is -0.145. The number of nitrogens with one attached hydrogen (secondary N) is 1. The number of aryl methyl sites for hydroxylation is 1. The number of fused-ring (bicyclic) bond motifs is 1. The van der Waals surface area contributed by atoms with Gasteiger partial charge in [0.05, 0.1) is 10.4 Å². The second-order valence-electron chi connectivity index (χ2n) is 6.40. The molecule has 140 valence electrons. The van der Waals surface area contributed by atoms with E-state index in [4.69, 9.17) is 0 Å². The van der Waals surface area contributed by atoms with E-state index in [0.717, 1.165) is 10.9 Å². The molecule has 6 heteroatoms. The van der Waals surface area contributed by atoms with Gasteiger partial charge in [-0.05, 0) is 48.4 Å². The van der Waals surface area contributed by atoms with Crippen LogP contribution in [0.25, 0.3) is 22.0 Å². The molecule has 0 amide bonds. The number of halogens is 1. The third-order valence-electron chi connectivity index (χ3n) is 4.57. The summed E-state index contributed by atoms with van der Waals surface area (Å²) in [7, 11) is -3.82. The molecule has 0 radical (unpaired) electrons. The number of rotatable bonds is 4. The highest BCUT2D eigenvalue weighted by atomic mass is 32.2. The average molecular weight is 392 g/mol. The van der Waals surface area contributed by atoms with Gasteiger partial charge in [-0.1, -0.05) is 48.5 Å². The van der Waals surface area contributed by atoms with Gasteiger partial charge in [0.15, 0.2) is 0 Å². The first-order valence-electron chi connectivity index (χ1n) is 8.69. The number of sulfonamides is 1. The molecule has 4 aromatic rings. The molecule has 0 atom stereocenters. The second kappa shape index (κ2) is 7.05. The van der Waals surface area contributed by atoms with Gasteiger partial charge in [0.25, 0.3) is 10.0 Å². The molecule has 0 saturated heterocycles. The Labute approximate surface area is 162 Å². The molecule has 3 aromatic carbocycles. The summed E-state index contributed by atoms with van der Waals surface area (Å²) < 4.78 is 41.8. The van der Waals surface area contributed by atoms with Crippen LogP contribution in [0.5, 0.6) is 0 Å². The largest absolute Gasteiger partial charge is 0.263 e. The molecule has 0 spiro atoms. The maximum atomic E-state index is 13.4. The van der Waals surface area contributed by atoms with Crippen LogP contribution in [0.4, 0.5) is 10.2 Å². The van der Waals surface area contributed by atoms with Crippen molar-refractivity contribution in [2.75, 3.05) is 4.72 Å². The second-order valence-corrected chi connectivity index (χ2v) is 8.09. The monoisotopic (exact) mass is 392 g/mol. The zero-order valence-corrected chi connectivity index (χ0v) is 15.9. The molecule has 1 heterocycles. The molecular weight excluding hydrogens is 375 g/mol. The van der Waals surface area contributed by atoms with Crippen LogP contribution in [-0.2, 0) is 10.0 Å². The number of para-hydroxylation sites is 1. The van der Waals surface area contributed by atoms with Crippen LogP contribution < -0.4 is 4.72 Å². The third-order valence-corrected chi connectivity index (χ3v) is 5.92. The summed E-state index contributed by atoms with van der Waals surface area (Å²) >= 11 is 0. The first-order chi connectivity index (χ1) is 13.5. The van der Waals surface area contributed by atoms with Crippen molar-refractivity contribution in [1.29, 1.82) is 0 Å². The summed E-state index contributed by atoms with van der Waals surface area (Å²) in [6.07, 6.45) is 0. The number of hydrogen-bond donors (Lipinski definition) is 1. The number of anilines is 1. The quantitative estimate of drug-likeness (QED) is 0.522. The number of nitrogens with zero attached hydrogens (tertiary/aromatic N) is 1. The molecule has 0 fully saturated rings. The van der Waals surface area contributed by atoms with Crippen molar-refractivity contribution in [2.45, 2.75) is 11.8 Å². The van der Waals surface area contributed by atoms with E-state index in [1.54, 1.807) is 30.3 Å². The smallest absolute Gasteiger partial charge is 0.263 e. The molecule has 1 aromatic heterocycles. The molecule has 0 bridgehead atoms. The molecule has 28 heavy (non-hydrogen) atoms. The highest BCUT2D eigenvalue weighted by Gasteiger charge is 2.20. The van der Waals surface area contributed by atoms with E-state index < -0.39 is 10.0 Å². The number of hydrogen-bond acceptors (Lipinski definition) is 3. The lowest BCUT2D eigenvalue weighted by atomic mass is 9.98. The lowest BCUT2D eigenvalue weighted by molar-refractivity contribution is 0.601. The summed E-state index contributed by atoms with van der Waals surface area (Å²) in [5.41, 5.74) is 2.85. The van der Waals surface area contributed by atoms with E-state index in [0.29, 0.717) is 16.6 Å². The van der Waals surface area contributed by atoms with Crippen molar-refractivity contribution in [3.05, 3.63) is 90.2 Å². The summed E-state index contributed by atoms with van der Waals surface area (Å²) in [5, 5.41) is 0.907. The lowest BCUT2D eigenvalue weighted by Crippen LogP contribution is -2.15. The van der Waals surface area contributed by atoms with E-state index in [9.17, 15) is 12.8 Å². The van der Waals surface area contributed by atoms with Gasteiger partial charge >= 0.3 is 0 Å². The van der Waals surface area contributed by atoms with Crippen LogP contribution >= 0.6 is 0 Å². The molecule has 0 aliphatic rings. The first kappa shape index (κ1) is 18.1. The van der Waals surface area contributed by atoms with Gasteiger partial charge in [0, 0.05) is 10.9 Å². The minimum atomic E-state index is -3.82. The average Bonchev–Trinajstić information content (AvgIpc) is 2.70. The summed E-state index contributed by atoms with van der Waals surface area (Å²) in [4.78, 5) is 4.71. The van der Waals surface area contributed by atoms with Gasteiger partial charge < -0.3 is 0 Å². The Morgan fingerprint density at radius 1 is 0.857 bits per heavy atom. The zero-order chi connectivity index (χ0) is 19.7. The summed E-state index contributed by atoms with van der Waals surface area (Å²) in [6.45, 7) is 1.91. The minimum Gasteiger partial charge on any atom is -0.263 e. The van der Waals surface area contributed by atoms with Crippen molar-refractivity contribution in [3.8, 4) is 11.1 Å². The highest BCUT2D eigenvalue weighted by Crippen LogP contribution is 2.35. The van der Waals surface area contributed by atoms with E-state index in [-0.39, 0.29) is 16.5 Å². The fourth-order valence-electron chi connectivity index (χ4n) is 3.21. The molecule has 0 aliphatic carbocycles. The Kier molecular flexibility index (Phi) is 4.57. The third kappa shape index (κ3) is 3.34. The molecule has 0 saturated carbocycles. The SMILES string of the molecule is Cc1c(-c2ccc(F)cc2)c(NS(=O)(=O)c2ccccc2)nc2ccccc12. The van der Waals surface area contributed by atoms with E-state index >= 15 is 0 Å². The topological polar surface area (TPSA) is 59.1 Å². The van der Waals surface area contributed by atoms with Crippen LogP contribution in [0, 0.1) is 12.7 Å². The molecule has 0 aliphatic heterocycles. The van der Waals surface area contributed by atoms with Gasteiger partial charge in [0.2, 0.25) is 0 Å². The van der Waals surface area contributed by atoms with Crippen LogP contribution in [0.15, 0.2) is 83.8 Å². The molecule has 0 unspecified atom stereocenters. The van der Waals surface area contributed by atoms with Crippen molar-refractivity contribution >= 4 is 26.7 Å². The van der Waals surface area contributed by atoms with Gasteiger partial charge in [-0.25, -0.2) is 17.8 Å². The van der Waals surface area contributed by atoms with Gasteiger partial charge in [-0.15, -0.1) is 0 Å². The van der Waals surface area contributed by atoms with E-state index in [2.05, 4.69) is 9.71 Å². The predicted octanol–water partition coefficient (Wildman–Crippen LogP) is 5.15. The van der Waals surface area contributed by atoms with Gasteiger partial charge in [-0.2, -0.15) is 0 Å². The molecule has 4 rings (SSSR count). The normalized spacial score (nSPS) is 11.5. The van der Waals surface area contributed by atoms with Crippen LogP contribution in [0.3, 0.4) is 0 Å². The van der Waals surface area contributed by atoms with Crippen LogP contribution in [0.2, 0.25) is 0 Å². The van der Waals surface area contributed by atoms with Crippen molar-refractivity contribution in [3.63, 3.8) is 0 Å². The first-order valence-corrected chi connectivity index (χ1v) is 10.2. The summed E-state index contributed by atoms with van der Waals surface area (Å²) in [6, 6.07) is 21.6. The lowest BCUT2D eigenvalue weighted by Gasteiger charge is -2.16. The number of aromatic nitrogens is 1. The van der Waals surface area contributed by atoms with Crippen LogP contribution in [-0.4, -0.2) is 13.4 Å². The number of benzene rings is 3. The Hall–Kier alpha value is -3.25. The Morgan fingerprint density at radius 2 is 1.50 bits per heavy atom. The van der Waals surface area contributed by atoms with E-state index in [1.165, 1.54) is 24.3 Å². The van der Waals surface area contributed by atoms with Gasteiger partial charge in [-0.3, -0.25) is 4.72 Å². The van der Waals surface area contributed by atoms with Crippen LogP contribution in [0.1, 0.15) is 5.56 Å². The van der Waals surface area contributed by atoms with Crippen molar-refractivity contribution < 1.29 is 12.8 Å². The minimum absolute atomic E-state index is 0.146. The number of pyridine rings is 1. The standard InChI is InChI=1S/C22H17FN2O2S/c1-15-19-9-5-6-10-20(19)24-22(21(15)16-11-13-17(23)14-12-16)25-28(26,27)18-7-3-2-4-8-18/h2-14H,1H3,(H,24,25). The zero-order valence-electron chi connectivity index (χ0n) is 15.1. The van der Waals surface area contributed by atoms with Crippen molar-refractivity contribution in [1.82, 2.24) is 4.98 Å². The molecular formula is C22H17FN2O2S. The maximum Gasteiger partial charge on any atom is 0.263 e. The Morgan fingerprint density at radius 3 is 2.21 bits per heavy atom. The molecule has 1 N–H and O–H groups in total. The van der Waals surface area contributed by atoms with E-state index in [1.807, 2.05) is 31.2 Å². The van der Waals surface area contributed by atoms with Crippen molar-refractivity contribution in [2.24, 2.45) is 0 Å². The Balaban J connectivity index is 1.94. The Bertz CT molecular complexity index is 1260. The highest BCUT2D eigenvalue weighted by molar-refractivity contribution is 7.92. The fourth-order valence-corrected chi connectivity index (χ4v) is 4.24. The molecule has 4 nitrogen and oxygen atoms in total.